The van der Waals surface area contributed by atoms with Gasteiger partial charge in [0, 0.05) is 24.0 Å². The van der Waals surface area contributed by atoms with Crippen LogP contribution in [0.2, 0.25) is 0 Å². The Morgan fingerprint density at radius 3 is 2.54 bits per heavy atom. The molecule has 0 aliphatic heterocycles. The molecule has 0 saturated carbocycles. The summed E-state index contributed by atoms with van der Waals surface area (Å²) in [5.41, 5.74) is 0.690. The van der Waals surface area contributed by atoms with E-state index in [1.807, 2.05) is 6.07 Å². The summed E-state index contributed by atoms with van der Waals surface area (Å²) in [7, 11) is -2.25. The summed E-state index contributed by atoms with van der Waals surface area (Å²) in [5, 5.41) is 24.7. The molecule has 0 N–H and O–H groups in total. The highest BCUT2D eigenvalue weighted by Gasteiger charge is 2.22. The van der Waals surface area contributed by atoms with Crippen molar-refractivity contribution in [3.63, 3.8) is 0 Å². The zero-order valence-electron chi connectivity index (χ0n) is 14.9. The normalized spacial score (nSPS) is 11.0. The Balaban J connectivity index is 2.30. The first-order chi connectivity index (χ1) is 13.3. The van der Waals surface area contributed by atoms with Gasteiger partial charge < -0.3 is 4.74 Å². The Labute approximate surface area is 160 Å². The summed E-state index contributed by atoms with van der Waals surface area (Å²) in [6, 6.07) is 13.8. The molecule has 1 heterocycles. The van der Waals surface area contributed by atoms with Gasteiger partial charge in [0.1, 0.15) is 6.07 Å². The third-order valence-corrected chi connectivity index (χ3v) is 5.15. The fourth-order valence-electron chi connectivity index (χ4n) is 2.78. The molecule has 10 heteroatoms. The van der Waals surface area contributed by atoms with Crippen molar-refractivity contribution in [2.45, 2.75) is 4.90 Å². The zero-order valence-corrected chi connectivity index (χ0v) is 15.7. The van der Waals surface area contributed by atoms with Gasteiger partial charge in [0.25, 0.3) is 0 Å². The van der Waals surface area contributed by atoms with E-state index in [0.717, 1.165) is 6.26 Å². The third-order valence-electron chi connectivity index (χ3n) is 3.99. The number of nitriles is 1. The van der Waals surface area contributed by atoms with Gasteiger partial charge in [0.15, 0.2) is 21.3 Å². The van der Waals surface area contributed by atoms with Crippen LogP contribution in [-0.4, -0.2) is 36.5 Å². The van der Waals surface area contributed by atoms with Gasteiger partial charge in [0.2, 0.25) is 0 Å². The number of rotatable bonds is 5. The van der Waals surface area contributed by atoms with Crippen LogP contribution in [0.4, 0.5) is 5.69 Å². The zero-order chi connectivity index (χ0) is 20.5. The largest absolute Gasteiger partial charge is 0.490 e. The molecule has 0 radical (unpaired) electrons. The molecule has 0 unspecified atom stereocenters. The summed E-state index contributed by atoms with van der Waals surface area (Å²) in [5.74, 6) is 0.0690. The van der Waals surface area contributed by atoms with E-state index in [0.29, 0.717) is 11.3 Å². The van der Waals surface area contributed by atoms with E-state index in [1.54, 1.807) is 18.2 Å². The first-order valence-corrected chi connectivity index (χ1v) is 9.78. The van der Waals surface area contributed by atoms with E-state index >= 15 is 0 Å². The molecule has 2 aromatic carbocycles. The minimum Gasteiger partial charge on any atom is -0.490 e. The summed E-state index contributed by atoms with van der Waals surface area (Å²) < 4.78 is 30.7. The van der Waals surface area contributed by atoms with Crippen LogP contribution in [0.3, 0.4) is 0 Å². The minimum atomic E-state index is -3.56. The molecular weight excluding hydrogens is 384 g/mol. The van der Waals surface area contributed by atoms with Crippen molar-refractivity contribution in [1.82, 2.24) is 9.78 Å². The second-order valence-corrected chi connectivity index (χ2v) is 7.80. The van der Waals surface area contributed by atoms with E-state index < -0.39 is 14.8 Å². The van der Waals surface area contributed by atoms with Gasteiger partial charge in [-0.15, -0.1) is 0 Å². The van der Waals surface area contributed by atoms with Crippen molar-refractivity contribution in [2.75, 3.05) is 13.4 Å². The Hall–Kier alpha value is -3.71. The predicted molar refractivity (Wildman–Crippen MR) is 100 cm³/mol. The lowest BCUT2D eigenvalue weighted by atomic mass is 10.1. The molecule has 28 heavy (non-hydrogen) atoms. The fourth-order valence-corrected chi connectivity index (χ4v) is 3.68. The number of hydrogen-bond acceptors (Lipinski definition) is 7. The maximum Gasteiger partial charge on any atom is 0.313 e. The number of benzene rings is 2. The maximum atomic E-state index is 12.2. The fraction of sp³-hybridized carbons (Fsp3) is 0.111. The topological polar surface area (TPSA) is 128 Å². The van der Waals surface area contributed by atoms with Gasteiger partial charge >= 0.3 is 5.69 Å². The van der Waals surface area contributed by atoms with E-state index in [1.165, 1.54) is 42.1 Å². The molecule has 3 aromatic rings. The number of ether oxygens (including phenoxy) is 1. The lowest BCUT2D eigenvalue weighted by molar-refractivity contribution is -0.385. The standard InChI is InChI=1S/C18H14N4O5S/c1-27-17-8-7-13(10-16(17)22(23)24)21-15(9-12(11-19)20-21)14-5-3-4-6-18(14)28(2,25)26/h3-10H,1-2H3. The molecular formula is C18H14N4O5S. The monoisotopic (exact) mass is 398 g/mol. The molecule has 0 saturated heterocycles. The average Bonchev–Trinajstić information content (AvgIpc) is 3.11. The van der Waals surface area contributed by atoms with E-state index in [4.69, 9.17) is 4.74 Å². The number of nitrogens with zero attached hydrogens (tertiary/aromatic N) is 4. The average molecular weight is 398 g/mol. The SMILES string of the molecule is COc1ccc(-n2nc(C#N)cc2-c2ccccc2S(C)(=O)=O)cc1[N+](=O)[O-]. The van der Waals surface area contributed by atoms with Gasteiger partial charge in [-0.3, -0.25) is 10.1 Å². The van der Waals surface area contributed by atoms with Crippen molar-refractivity contribution in [3.05, 3.63) is 64.3 Å². The molecule has 0 spiro atoms. The van der Waals surface area contributed by atoms with Crippen LogP contribution < -0.4 is 4.74 Å². The number of nitro benzene ring substituents is 1. The lowest BCUT2D eigenvalue weighted by Crippen LogP contribution is -2.05. The highest BCUT2D eigenvalue weighted by molar-refractivity contribution is 7.90. The summed E-state index contributed by atoms with van der Waals surface area (Å²) in [6.45, 7) is 0. The molecule has 0 aliphatic rings. The van der Waals surface area contributed by atoms with Crippen molar-refractivity contribution < 1.29 is 18.1 Å². The van der Waals surface area contributed by atoms with Crippen molar-refractivity contribution in [1.29, 1.82) is 5.26 Å². The van der Waals surface area contributed by atoms with Crippen molar-refractivity contribution in [2.24, 2.45) is 0 Å². The van der Waals surface area contributed by atoms with Crippen LogP contribution in [0.15, 0.2) is 53.4 Å². The van der Waals surface area contributed by atoms with Gasteiger partial charge in [0.05, 0.1) is 28.3 Å². The van der Waals surface area contributed by atoms with Crippen LogP contribution in [0.5, 0.6) is 5.75 Å². The number of aromatic nitrogens is 2. The van der Waals surface area contributed by atoms with E-state index in [9.17, 15) is 23.8 Å². The molecule has 0 fully saturated rings. The molecule has 3 rings (SSSR count). The first kappa shape index (κ1) is 19.1. The van der Waals surface area contributed by atoms with Crippen LogP contribution in [0, 0.1) is 21.4 Å². The van der Waals surface area contributed by atoms with Crippen molar-refractivity contribution >= 4 is 15.5 Å². The van der Waals surface area contributed by atoms with Crippen molar-refractivity contribution in [3.8, 4) is 28.8 Å². The maximum absolute atomic E-state index is 12.2. The number of hydrogen-bond donors (Lipinski definition) is 0. The number of sulfone groups is 1. The van der Waals surface area contributed by atoms with Gasteiger partial charge in [-0.1, -0.05) is 18.2 Å². The van der Waals surface area contributed by atoms with Crippen LogP contribution in [-0.2, 0) is 9.84 Å². The van der Waals surface area contributed by atoms with Gasteiger partial charge in [-0.05, 0) is 18.2 Å². The van der Waals surface area contributed by atoms with Gasteiger partial charge in [-0.2, -0.15) is 10.4 Å². The Kier molecular flexibility index (Phi) is 4.85. The summed E-state index contributed by atoms with van der Waals surface area (Å²) in [6.07, 6.45) is 1.08. The van der Waals surface area contributed by atoms with Crippen LogP contribution >= 0.6 is 0 Å². The first-order valence-electron chi connectivity index (χ1n) is 7.88. The van der Waals surface area contributed by atoms with E-state index in [-0.39, 0.29) is 27.7 Å². The predicted octanol–water partition coefficient (Wildman–Crippen LogP) is 2.73. The Bertz CT molecular complexity index is 1230. The Morgan fingerprint density at radius 1 is 1.21 bits per heavy atom. The molecule has 142 valence electrons. The highest BCUT2D eigenvalue weighted by atomic mass is 32.2. The molecule has 9 nitrogen and oxygen atoms in total. The molecule has 1 aromatic heterocycles. The second kappa shape index (κ2) is 7.13. The van der Waals surface area contributed by atoms with Crippen LogP contribution in [0.1, 0.15) is 5.69 Å². The number of methoxy groups -OCH3 is 1. The number of nitro groups is 1. The van der Waals surface area contributed by atoms with Crippen LogP contribution in [0.25, 0.3) is 16.9 Å². The van der Waals surface area contributed by atoms with E-state index in [2.05, 4.69) is 5.10 Å². The quantitative estimate of drug-likeness (QED) is 0.477. The third kappa shape index (κ3) is 3.43. The molecule has 0 amide bonds. The van der Waals surface area contributed by atoms with Gasteiger partial charge in [-0.25, -0.2) is 13.1 Å². The summed E-state index contributed by atoms with van der Waals surface area (Å²) in [4.78, 5) is 10.8. The lowest BCUT2D eigenvalue weighted by Gasteiger charge is -2.11. The Morgan fingerprint density at radius 2 is 1.93 bits per heavy atom. The molecule has 0 aliphatic carbocycles. The molecule has 0 bridgehead atoms. The highest BCUT2D eigenvalue weighted by Crippen LogP contribution is 2.33. The second-order valence-electron chi connectivity index (χ2n) is 5.82. The smallest absolute Gasteiger partial charge is 0.313 e. The molecule has 0 atom stereocenters. The summed E-state index contributed by atoms with van der Waals surface area (Å²) >= 11 is 0. The minimum absolute atomic E-state index is 0.0387.